The van der Waals surface area contributed by atoms with Gasteiger partial charge in [0.2, 0.25) is 5.91 Å². The van der Waals surface area contributed by atoms with Crippen LogP contribution >= 0.6 is 0 Å². The third-order valence-corrected chi connectivity index (χ3v) is 2.77. The highest BCUT2D eigenvalue weighted by atomic mass is 16.3. The predicted octanol–water partition coefficient (Wildman–Crippen LogP) is 1.14. The zero-order valence-corrected chi connectivity index (χ0v) is 11.7. The van der Waals surface area contributed by atoms with Crippen molar-refractivity contribution in [3.05, 3.63) is 23.4 Å². The summed E-state index contributed by atoms with van der Waals surface area (Å²) in [5.41, 5.74) is 1.31. The molecule has 1 aromatic rings. The van der Waals surface area contributed by atoms with Crippen LogP contribution in [-0.2, 0) is 17.6 Å². The third kappa shape index (κ3) is 4.61. The molecule has 1 aromatic heterocycles. The zero-order chi connectivity index (χ0) is 14.5. The summed E-state index contributed by atoms with van der Waals surface area (Å²) in [5.74, 6) is 0.370. The molecule has 0 aliphatic rings. The van der Waals surface area contributed by atoms with E-state index in [4.69, 9.17) is 10.2 Å². The number of carbonyl (C=O) groups is 1. The van der Waals surface area contributed by atoms with Crippen molar-refractivity contribution in [1.29, 1.82) is 0 Å². The van der Waals surface area contributed by atoms with E-state index in [1.165, 1.54) is 0 Å². The van der Waals surface area contributed by atoms with Gasteiger partial charge >= 0.3 is 0 Å². The second-order valence-corrected chi connectivity index (χ2v) is 5.49. The van der Waals surface area contributed by atoms with Gasteiger partial charge in [0.1, 0.15) is 5.82 Å². The number of anilines is 1. The van der Waals surface area contributed by atoms with Crippen molar-refractivity contribution in [2.24, 2.45) is 5.41 Å². The van der Waals surface area contributed by atoms with Crippen molar-refractivity contribution < 1.29 is 15.0 Å². The number of aliphatic hydroxyl groups is 2. The van der Waals surface area contributed by atoms with Crippen LogP contribution < -0.4 is 5.32 Å². The molecule has 0 atom stereocenters. The lowest BCUT2D eigenvalue weighted by Gasteiger charge is -2.18. The van der Waals surface area contributed by atoms with Crippen LogP contribution in [0.3, 0.4) is 0 Å². The zero-order valence-electron chi connectivity index (χ0n) is 11.7. The monoisotopic (exact) mass is 266 g/mol. The number of aliphatic hydroxyl groups excluding tert-OH is 2. The third-order valence-electron chi connectivity index (χ3n) is 2.77. The maximum atomic E-state index is 11.9. The Kier molecular flexibility index (Phi) is 5.44. The summed E-state index contributed by atoms with van der Waals surface area (Å²) in [6, 6.07) is 1.75. The van der Waals surface area contributed by atoms with Crippen LogP contribution in [0.5, 0.6) is 0 Å². The number of hydrogen-bond donors (Lipinski definition) is 3. The molecule has 1 rings (SSSR count). The maximum Gasteiger partial charge on any atom is 0.230 e. The van der Waals surface area contributed by atoms with E-state index in [2.05, 4.69) is 10.3 Å². The maximum absolute atomic E-state index is 11.9. The fourth-order valence-electron chi connectivity index (χ4n) is 1.60. The number of hydrogen-bond acceptors (Lipinski definition) is 4. The first-order valence-corrected chi connectivity index (χ1v) is 6.39. The van der Waals surface area contributed by atoms with Crippen LogP contribution in [0.2, 0.25) is 0 Å². The number of pyridine rings is 1. The van der Waals surface area contributed by atoms with Crippen LogP contribution in [0.4, 0.5) is 5.82 Å². The summed E-state index contributed by atoms with van der Waals surface area (Å²) in [4.78, 5) is 16.0. The van der Waals surface area contributed by atoms with E-state index >= 15 is 0 Å². The minimum atomic E-state index is -0.484. The molecule has 0 spiro atoms. The molecule has 0 aliphatic carbocycles. The Bertz CT molecular complexity index is 439. The van der Waals surface area contributed by atoms with Gasteiger partial charge in [-0.1, -0.05) is 20.8 Å². The van der Waals surface area contributed by atoms with Crippen molar-refractivity contribution >= 4 is 11.7 Å². The molecular formula is C14H22N2O3. The summed E-state index contributed by atoms with van der Waals surface area (Å²) < 4.78 is 0. The molecule has 0 saturated heterocycles. The van der Waals surface area contributed by atoms with Crippen molar-refractivity contribution in [3.8, 4) is 0 Å². The molecule has 1 amide bonds. The molecule has 0 bridgehead atoms. The molecule has 0 saturated carbocycles. The first-order chi connectivity index (χ1) is 8.88. The van der Waals surface area contributed by atoms with Crippen molar-refractivity contribution in [2.45, 2.75) is 33.6 Å². The number of carbonyl (C=O) groups excluding carboxylic acids is 1. The van der Waals surface area contributed by atoms with Gasteiger partial charge in [0.15, 0.2) is 0 Å². The standard InChI is InChI=1S/C14H22N2O3/c1-14(2,3)13(19)16-12-8-10(4-6-17)11(5-7-18)9-15-12/h8-9,17-18H,4-7H2,1-3H3,(H,15,16,19). The Morgan fingerprint density at radius 2 is 1.79 bits per heavy atom. The van der Waals surface area contributed by atoms with Gasteiger partial charge in [-0.25, -0.2) is 4.98 Å². The molecule has 0 aromatic carbocycles. The number of amides is 1. The second-order valence-electron chi connectivity index (χ2n) is 5.49. The Balaban J connectivity index is 2.92. The van der Waals surface area contributed by atoms with Gasteiger partial charge in [-0.15, -0.1) is 0 Å². The molecular weight excluding hydrogens is 244 g/mol. The van der Waals surface area contributed by atoms with Crippen LogP contribution in [0, 0.1) is 5.41 Å². The largest absolute Gasteiger partial charge is 0.396 e. The van der Waals surface area contributed by atoms with Gasteiger partial charge in [-0.05, 0) is 30.0 Å². The first-order valence-electron chi connectivity index (χ1n) is 6.39. The average Bonchev–Trinajstić information content (AvgIpc) is 2.32. The highest BCUT2D eigenvalue weighted by Crippen LogP contribution is 2.18. The van der Waals surface area contributed by atoms with Gasteiger partial charge < -0.3 is 15.5 Å². The first kappa shape index (κ1) is 15.6. The smallest absolute Gasteiger partial charge is 0.230 e. The van der Waals surface area contributed by atoms with E-state index in [1.54, 1.807) is 12.3 Å². The number of nitrogens with zero attached hydrogens (tertiary/aromatic N) is 1. The molecule has 0 aliphatic heterocycles. The Hall–Kier alpha value is -1.46. The highest BCUT2D eigenvalue weighted by Gasteiger charge is 2.21. The molecule has 5 heteroatoms. The van der Waals surface area contributed by atoms with Gasteiger partial charge in [0.05, 0.1) is 0 Å². The average molecular weight is 266 g/mol. The van der Waals surface area contributed by atoms with E-state index in [1.807, 2.05) is 20.8 Å². The van der Waals surface area contributed by atoms with E-state index in [-0.39, 0.29) is 19.1 Å². The molecule has 0 unspecified atom stereocenters. The number of aromatic nitrogens is 1. The summed E-state index contributed by atoms with van der Waals surface area (Å²) in [5, 5.41) is 20.8. The predicted molar refractivity (Wildman–Crippen MR) is 73.9 cm³/mol. The molecule has 106 valence electrons. The van der Waals surface area contributed by atoms with Crippen LogP contribution in [0.25, 0.3) is 0 Å². The molecule has 19 heavy (non-hydrogen) atoms. The van der Waals surface area contributed by atoms with Gasteiger partial charge in [-0.3, -0.25) is 4.79 Å². The SMILES string of the molecule is CC(C)(C)C(=O)Nc1cc(CCO)c(CCO)cn1. The summed E-state index contributed by atoms with van der Waals surface area (Å²) >= 11 is 0. The minimum absolute atomic E-state index is 0.0229. The lowest BCUT2D eigenvalue weighted by atomic mass is 9.95. The fraction of sp³-hybridized carbons (Fsp3) is 0.571. The van der Waals surface area contributed by atoms with Gasteiger partial charge in [0, 0.05) is 24.8 Å². The molecule has 0 fully saturated rings. The van der Waals surface area contributed by atoms with E-state index in [0.29, 0.717) is 18.7 Å². The summed E-state index contributed by atoms with van der Waals surface area (Å²) in [6.07, 6.45) is 2.62. The van der Waals surface area contributed by atoms with E-state index in [0.717, 1.165) is 11.1 Å². The van der Waals surface area contributed by atoms with Crippen molar-refractivity contribution in [1.82, 2.24) is 4.98 Å². The lowest BCUT2D eigenvalue weighted by Crippen LogP contribution is -2.28. The second kappa shape index (κ2) is 6.63. The van der Waals surface area contributed by atoms with Gasteiger partial charge in [0.25, 0.3) is 0 Å². The van der Waals surface area contributed by atoms with Crippen LogP contribution in [-0.4, -0.2) is 34.3 Å². The van der Waals surface area contributed by atoms with Crippen LogP contribution in [0.15, 0.2) is 12.3 Å². The number of rotatable bonds is 5. The highest BCUT2D eigenvalue weighted by molar-refractivity contribution is 5.93. The molecule has 3 N–H and O–H groups in total. The minimum Gasteiger partial charge on any atom is -0.396 e. The van der Waals surface area contributed by atoms with Crippen molar-refractivity contribution in [2.75, 3.05) is 18.5 Å². The summed E-state index contributed by atoms with van der Waals surface area (Å²) in [7, 11) is 0. The van der Waals surface area contributed by atoms with Crippen LogP contribution in [0.1, 0.15) is 31.9 Å². The Labute approximate surface area is 113 Å². The molecule has 5 nitrogen and oxygen atoms in total. The van der Waals surface area contributed by atoms with E-state index in [9.17, 15) is 4.79 Å². The molecule has 0 radical (unpaired) electrons. The quantitative estimate of drug-likeness (QED) is 0.746. The molecule has 1 heterocycles. The fourth-order valence-corrected chi connectivity index (χ4v) is 1.60. The Morgan fingerprint density at radius 3 is 2.32 bits per heavy atom. The van der Waals surface area contributed by atoms with Crippen molar-refractivity contribution in [3.63, 3.8) is 0 Å². The van der Waals surface area contributed by atoms with E-state index < -0.39 is 5.41 Å². The number of nitrogens with one attached hydrogen (secondary N) is 1. The normalized spacial score (nSPS) is 11.4. The summed E-state index contributed by atoms with van der Waals surface area (Å²) in [6.45, 7) is 5.55. The Morgan fingerprint density at radius 1 is 1.21 bits per heavy atom. The topological polar surface area (TPSA) is 82.5 Å². The lowest BCUT2D eigenvalue weighted by molar-refractivity contribution is -0.123. The van der Waals surface area contributed by atoms with Gasteiger partial charge in [-0.2, -0.15) is 0 Å².